The van der Waals surface area contributed by atoms with Crippen molar-refractivity contribution < 1.29 is 78.0 Å². The van der Waals surface area contributed by atoms with Gasteiger partial charge in [0, 0.05) is 11.8 Å². The molecule has 314 valence electrons. The lowest BCUT2D eigenvalue weighted by atomic mass is 9.79. The summed E-state index contributed by atoms with van der Waals surface area (Å²) in [6.45, 7) is -0.284. The summed E-state index contributed by atoms with van der Waals surface area (Å²) in [5.41, 5.74) is 1.91. The standard InChI is InChI=1S/C42H50O16/c1-49-29-11-21(7-9-27(29)43)37(45)35-19-57-41(23-13-31(51-3)39(47)32(14-23)52-4)25(17-55-35)26-18-56-36(38(46)22-8-10-28(44)30(12-22)50-2)20-58-42(26)24-15-33(53-5)40(48)34(16-24)54-6/h7-16,25-26,35-38,41-48H,17-20H2,1-6H3/t25-,26+,35-,36+,37+,38-,41+,42-. The van der Waals surface area contributed by atoms with Crippen molar-refractivity contribution in [2.75, 3.05) is 69.1 Å². The van der Waals surface area contributed by atoms with E-state index < -0.39 is 48.5 Å². The molecule has 0 bridgehead atoms. The van der Waals surface area contributed by atoms with Crippen molar-refractivity contribution >= 4 is 0 Å². The molecule has 2 aliphatic rings. The molecule has 8 atom stereocenters. The largest absolute Gasteiger partial charge is 0.504 e. The first-order chi connectivity index (χ1) is 28.0. The van der Waals surface area contributed by atoms with E-state index in [1.807, 2.05) is 0 Å². The van der Waals surface area contributed by atoms with E-state index in [0.29, 0.717) is 22.3 Å². The molecule has 16 heteroatoms. The zero-order valence-corrected chi connectivity index (χ0v) is 33.0. The molecule has 4 aromatic rings. The second kappa shape index (κ2) is 18.5. The van der Waals surface area contributed by atoms with Gasteiger partial charge in [-0.2, -0.15) is 0 Å². The van der Waals surface area contributed by atoms with Crippen LogP contribution in [0.1, 0.15) is 46.7 Å². The highest BCUT2D eigenvalue weighted by molar-refractivity contribution is 5.55. The van der Waals surface area contributed by atoms with Crippen LogP contribution in [-0.4, -0.2) is 112 Å². The van der Waals surface area contributed by atoms with Gasteiger partial charge in [-0.25, -0.2) is 0 Å². The summed E-state index contributed by atoms with van der Waals surface area (Å²) in [6.07, 6.45) is -5.94. The SMILES string of the molecule is COc1cc([C@@H](O)[C@@H]2CO[C@H](c3cc(OC)c(O)c(OC)c3)[C@H]([C@H]3CO[C@@H]([C@@H](O)c4ccc(O)c(OC)c4)CO[C@H]3c3cc(OC)c(O)c(OC)c3)CO2)ccc1O. The Labute approximate surface area is 335 Å². The van der Waals surface area contributed by atoms with Gasteiger partial charge in [-0.3, -0.25) is 0 Å². The van der Waals surface area contributed by atoms with Crippen LogP contribution in [0, 0.1) is 11.8 Å². The Bertz CT molecular complexity index is 1830. The number of methoxy groups -OCH3 is 6. The summed E-state index contributed by atoms with van der Waals surface area (Å²) >= 11 is 0. The minimum absolute atomic E-state index is 0.0320. The third kappa shape index (κ3) is 8.57. The first kappa shape index (κ1) is 42.3. The van der Waals surface area contributed by atoms with E-state index in [1.165, 1.54) is 66.9 Å². The highest BCUT2D eigenvalue weighted by Gasteiger charge is 2.45. The van der Waals surface area contributed by atoms with E-state index in [2.05, 4.69) is 0 Å². The predicted octanol–water partition coefficient (Wildman–Crippen LogP) is 4.87. The Morgan fingerprint density at radius 1 is 0.448 bits per heavy atom. The maximum absolute atomic E-state index is 11.6. The van der Waals surface area contributed by atoms with Gasteiger partial charge in [0.05, 0.1) is 81.3 Å². The van der Waals surface area contributed by atoms with Crippen molar-refractivity contribution in [2.24, 2.45) is 11.8 Å². The molecule has 4 aromatic carbocycles. The van der Waals surface area contributed by atoms with Gasteiger partial charge >= 0.3 is 0 Å². The molecule has 0 aromatic heterocycles. The Morgan fingerprint density at radius 2 is 0.776 bits per heavy atom. The molecule has 0 aliphatic carbocycles. The van der Waals surface area contributed by atoms with Gasteiger partial charge in [-0.05, 0) is 70.8 Å². The van der Waals surface area contributed by atoms with Crippen LogP contribution in [0.15, 0.2) is 60.7 Å². The molecular formula is C42H50O16. The van der Waals surface area contributed by atoms with Crippen molar-refractivity contribution in [3.05, 3.63) is 82.9 Å². The summed E-state index contributed by atoms with van der Waals surface area (Å²) in [5.74, 6) is -1.07. The monoisotopic (exact) mass is 810 g/mol. The van der Waals surface area contributed by atoms with Gasteiger partial charge in [-0.15, -0.1) is 0 Å². The lowest BCUT2D eigenvalue weighted by molar-refractivity contribution is -0.0655. The van der Waals surface area contributed by atoms with Crippen molar-refractivity contribution in [3.63, 3.8) is 0 Å². The molecule has 2 saturated heterocycles. The van der Waals surface area contributed by atoms with E-state index in [1.54, 1.807) is 36.4 Å². The second-order valence-electron chi connectivity index (χ2n) is 13.9. The van der Waals surface area contributed by atoms with Crippen molar-refractivity contribution in [1.29, 1.82) is 0 Å². The number of phenolic OH excluding ortho intramolecular Hbond substituents is 4. The van der Waals surface area contributed by atoms with Crippen molar-refractivity contribution in [1.82, 2.24) is 0 Å². The van der Waals surface area contributed by atoms with Gasteiger partial charge in [0.2, 0.25) is 11.5 Å². The predicted molar refractivity (Wildman–Crippen MR) is 206 cm³/mol. The highest BCUT2D eigenvalue weighted by Crippen LogP contribution is 2.49. The number of aliphatic hydroxyl groups is 2. The van der Waals surface area contributed by atoms with Crippen LogP contribution in [0.2, 0.25) is 0 Å². The molecule has 6 N–H and O–H groups in total. The van der Waals surface area contributed by atoms with E-state index in [4.69, 9.17) is 47.4 Å². The number of hydrogen-bond donors (Lipinski definition) is 6. The van der Waals surface area contributed by atoms with Crippen LogP contribution < -0.4 is 28.4 Å². The van der Waals surface area contributed by atoms with Crippen LogP contribution in [0.3, 0.4) is 0 Å². The van der Waals surface area contributed by atoms with Crippen LogP contribution in [0.5, 0.6) is 57.5 Å². The van der Waals surface area contributed by atoms with Gasteiger partial charge in [0.15, 0.2) is 46.0 Å². The molecule has 2 fully saturated rings. The fourth-order valence-electron chi connectivity index (χ4n) is 7.47. The number of hydrogen-bond acceptors (Lipinski definition) is 16. The summed E-state index contributed by atoms with van der Waals surface area (Å²) in [7, 11) is 8.46. The molecule has 2 heterocycles. The van der Waals surface area contributed by atoms with Gasteiger partial charge in [-0.1, -0.05) is 12.1 Å². The summed E-state index contributed by atoms with van der Waals surface area (Å²) in [5, 5.41) is 65.4. The van der Waals surface area contributed by atoms with Crippen LogP contribution >= 0.6 is 0 Å². The molecule has 6 rings (SSSR count). The quantitative estimate of drug-likeness (QED) is 0.106. The van der Waals surface area contributed by atoms with Crippen LogP contribution in [0.25, 0.3) is 0 Å². The third-order valence-electron chi connectivity index (χ3n) is 10.7. The Kier molecular flexibility index (Phi) is 13.5. The lowest BCUT2D eigenvalue weighted by Crippen LogP contribution is -2.34. The second-order valence-corrected chi connectivity index (χ2v) is 13.9. The summed E-state index contributed by atoms with van der Waals surface area (Å²) in [6, 6.07) is 15.5. The minimum Gasteiger partial charge on any atom is -0.504 e. The van der Waals surface area contributed by atoms with Gasteiger partial charge < -0.3 is 78.0 Å². The van der Waals surface area contributed by atoms with E-state index in [9.17, 15) is 30.6 Å². The fourth-order valence-corrected chi connectivity index (χ4v) is 7.47. The van der Waals surface area contributed by atoms with Crippen LogP contribution in [0.4, 0.5) is 0 Å². The van der Waals surface area contributed by atoms with E-state index in [-0.39, 0.29) is 83.9 Å². The average Bonchev–Trinajstić information content (AvgIpc) is 3.61. The van der Waals surface area contributed by atoms with Gasteiger partial charge in [0.1, 0.15) is 24.4 Å². The number of aliphatic hydroxyl groups excluding tert-OH is 2. The number of phenols is 4. The molecule has 2 aliphatic heterocycles. The topological polar surface area (TPSA) is 214 Å². The number of ether oxygens (including phenoxy) is 10. The lowest BCUT2D eigenvalue weighted by Gasteiger charge is -2.35. The first-order valence-electron chi connectivity index (χ1n) is 18.4. The molecule has 0 amide bonds. The Hall–Kier alpha value is -5.36. The normalized spacial score (nSPS) is 23.4. The first-order valence-corrected chi connectivity index (χ1v) is 18.4. The molecular weight excluding hydrogens is 760 g/mol. The van der Waals surface area contributed by atoms with Crippen molar-refractivity contribution in [2.45, 2.75) is 36.6 Å². The molecule has 0 radical (unpaired) electrons. The molecule has 0 saturated carbocycles. The number of aromatic hydroxyl groups is 4. The van der Waals surface area contributed by atoms with Crippen LogP contribution in [-0.2, 0) is 18.9 Å². The zero-order valence-electron chi connectivity index (χ0n) is 33.0. The summed E-state index contributed by atoms with van der Waals surface area (Å²) in [4.78, 5) is 0. The third-order valence-corrected chi connectivity index (χ3v) is 10.7. The number of rotatable bonds is 13. The smallest absolute Gasteiger partial charge is 0.200 e. The molecule has 58 heavy (non-hydrogen) atoms. The minimum atomic E-state index is -1.22. The Morgan fingerprint density at radius 3 is 1.09 bits per heavy atom. The molecule has 0 unspecified atom stereocenters. The highest BCUT2D eigenvalue weighted by atomic mass is 16.6. The van der Waals surface area contributed by atoms with Crippen molar-refractivity contribution in [3.8, 4) is 57.5 Å². The Balaban J connectivity index is 1.45. The molecule has 16 nitrogen and oxygen atoms in total. The molecule has 0 spiro atoms. The maximum atomic E-state index is 11.6. The summed E-state index contributed by atoms with van der Waals surface area (Å²) < 4.78 is 59.0. The fraction of sp³-hybridized carbons (Fsp3) is 0.429. The van der Waals surface area contributed by atoms with Gasteiger partial charge in [0.25, 0.3) is 0 Å². The maximum Gasteiger partial charge on any atom is 0.200 e. The zero-order chi connectivity index (χ0) is 41.7. The average molecular weight is 811 g/mol. The number of benzene rings is 4. The van der Waals surface area contributed by atoms with E-state index in [0.717, 1.165) is 0 Å². The van der Waals surface area contributed by atoms with E-state index >= 15 is 0 Å².